The van der Waals surface area contributed by atoms with Crippen LogP contribution in [0.1, 0.15) is 40.5 Å². The molecule has 0 aromatic rings. The van der Waals surface area contributed by atoms with Crippen molar-refractivity contribution in [3.05, 3.63) is 0 Å². The van der Waals surface area contributed by atoms with Gasteiger partial charge in [-0.25, -0.2) is 0 Å². The number of nitrogens with zero attached hydrogens (tertiary/aromatic N) is 2. The van der Waals surface area contributed by atoms with Crippen molar-refractivity contribution in [1.29, 1.82) is 0 Å². The van der Waals surface area contributed by atoms with Crippen LogP contribution in [0.3, 0.4) is 0 Å². The fourth-order valence-electron chi connectivity index (χ4n) is 1.58. The Morgan fingerprint density at radius 1 is 1.12 bits per heavy atom. The summed E-state index contributed by atoms with van der Waals surface area (Å²) in [5.41, 5.74) is 0. The molecule has 0 saturated heterocycles. The molecule has 0 aromatic heterocycles. The highest BCUT2D eigenvalue weighted by Crippen LogP contribution is 2.03. The first-order valence-electron chi connectivity index (χ1n) is 6.28. The van der Waals surface area contributed by atoms with Gasteiger partial charge in [0.2, 0.25) is 5.91 Å². The van der Waals surface area contributed by atoms with Crippen molar-refractivity contribution < 1.29 is 4.79 Å². The Labute approximate surface area is 101 Å². The summed E-state index contributed by atoms with van der Waals surface area (Å²) in [7, 11) is 4.00. The van der Waals surface area contributed by atoms with Crippen LogP contribution < -0.4 is 0 Å². The third-order valence-corrected chi connectivity index (χ3v) is 2.85. The average molecular weight is 228 g/mol. The molecule has 0 aliphatic carbocycles. The van der Waals surface area contributed by atoms with Crippen LogP contribution >= 0.6 is 0 Å². The van der Waals surface area contributed by atoms with Crippen molar-refractivity contribution in [2.24, 2.45) is 5.92 Å². The molecule has 0 N–H and O–H groups in total. The lowest BCUT2D eigenvalue weighted by molar-refractivity contribution is -0.130. The van der Waals surface area contributed by atoms with Crippen LogP contribution in [0.15, 0.2) is 0 Å². The predicted octanol–water partition coefficient (Wildman–Crippen LogP) is 2.22. The Morgan fingerprint density at radius 2 is 1.69 bits per heavy atom. The molecule has 0 spiro atoms. The van der Waals surface area contributed by atoms with Gasteiger partial charge in [-0.1, -0.05) is 13.8 Å². The summed E-state index contributed by atoms with van der Waals surface area (Å²) >= 11 is 0. The Balaban J connectivity index is 3.73. The van der Waals surface area contributed by atoms with Crippen molar-refractivity contribution in [3.63, 3.8) is 0 Å². The molecule has 3 nitrogen and oxygen atoms in total. The largest absolute Gasteiger partial charge is 0.346 e. The van der Waals surface area contributed by atoms with Gasteiger partial charge in [0, 0.05) is 26.1 Å². The number of hydrogen-bond acceptors (Lipinski definition) is 2. The van der Waals surface area contributed by atoms with Crippen molar-refractivity contribution in [3.8, 4) is 0 Å². The zero-order valence-electron chi connectivity index (χ0n) is 11.8. The first-order valence-corrected chi connectivity index (χ1v) is 6.28. The maximum Gasteiger partial charge on any atom is 0.222 e. The summed E-state index contributed by atoms with van der Waals surface area (Å²) in [5, 5.41) is 0. The van der Waals surface area contributed by atoms with Gasteiger partial charge in [0.05, 0.1) is 0 Å². The molecule has 0 rings (SSSR count). The molecule has 0 radical (unpaired) electrons. The first-order chi connectivity index (χ1) is 7.34. The van der Waals surface area contributed by atoms with Crippen LogP contribution in [0.4, 0.5) is 0 Å². The SMILES string of the molecule is CC(C)CN(C)C(=O)CCCN(C)C(C)C. The van der Waals surface area contributed by atoms with Crippen molar-refractivity contribution in [2.75, 3.05) is 27.2 Å². The van der Waals surface area contributed by atoms with E-state index in [2.05, 4.69) is 39.6 Å². The van der Waals surface area contributed by atoms with E-state index in [1.54, 1.807) is 0 Å². The van der Waals surface area contributed by atoms with E-state index >= 15 is 0 Å². The second-order valence-corrected chi connectivity index (χ2v) is 5.35. The van der Waals surface area contributed by atoms with Crippen molar-refractivity contribution in [1.82, 2.24) is 9.80 Å². The lowest BCUT2D eigenvalue weighted by atomic mass is 10.2. The fraction of sp³-hybridized carbons (Fsp3) is 0.923. The second-order valence-electron chi connectivity index (χ2n) is 5.35. The van der Waals surface area contributed by atoms with E-state index in [4.69, 9.17) is 0 Å². The quantitative estimate of drug-likeness (QED) is 0.667. The third kappa shape index (κ3) is 6.83. The lowest BCUT2D eigenvalue weighted by Crippen LogP contribution is -2.32. The minimum atomic E-state index is 0.269. The minimum absolute atomic E-state index is 0.269. The summed E-state index contributed by atoms with van der Waals surface area (Å²) < 4.78 is 0. The zero-order chi connectivity index (χ0) is 12.7. The highest BCUT2D eigenvalue weighted by molar-refractivity contribution is 5.75. The summed E-state index contributed by atoms with van der Waals surface area (Å²) in [6, 6.07) is 0.559. The molecule has 1 amide bonds. The molecule has 0 aliphatic rings. The first kappa shape index (κ1) is 15.4. The number of hydrogen-bond donors (Lipinski definition) is 0. The molecule has 0 atom stereocenters. The lowest BCUT2D eigenvalue weighted by Gasteiger charge is -2.22. The van der Waals surface area contributed by atoms with Crippen LogP contribution in [-0.2, 0) is 4.79 Å². The maximum atomic E-state index is 11.7. The normalized spacial score (nSPS) is 11.6. The topological polar surface area (TPSA) is 23.6 Å². The van der Waals surface area contributed by atoms with E-state index in [1.165, 1.54) is 0 Å². The van der Waals surface area contributed by atoms with Gasteiger partial charge in [-0.3, -0.25) is 4.79 Å². The van der Waals surface area contributed by atoms with Gasteiger partial charge in [-0.05, 0) is 39.8 Å². The monoisotopic (exact) mass is 228 g/mol. The Kier molecular flexibility index (Phi) is 7.39. The highest BCUT2D eigenvalue weighted by atomic mass is 16.2. The highest BCUT2D eigenvalue weighted by Gasteiger charge is 2.10. The van der Waals surface area contributed by atoms with E-state index in [1.807, 2.05) is 11.9 Å². The Hall–Kier alpha value is -0.570. The second kappa shape index (κ2) is 7.66. The van der Waals surface area contributed by atoms with E-state index in [0.717, 1.165) is 19.5 Å². The van der Waals surface area contributed by atoms with E-state index in [0.29, 0.717) is 18.4 Å². The van der Waals surface area contributed by atoms with E-state index < -0.39 is 0 Å². The molecular formula is C13H28N2O. The van der Waals surface area contributed by atoms with Gasteiger partial charge in [0.15, 0.2) is 0 Å². The number of carbonyl (C=O) groups is 1. The van der Waals surface area contributed by atoms with Gasteiger partial charge in [-0.2, -0.15) is 0 Å². The number of rotatable bonds is 7. The molecular weight excluding hydrogens is 200 g/mol. The van der Waals surface area contributed by atoms with Crippen LogP contribution in [0.25, 0.3) is 0 Å². The summed E-state index contributed by atoms with van der Waals surface area (Å²) in [6.45, 7) is 10.5. The van der Waals surface area contributed by atoms with Crippen LogP contribution in [0.5, 0.6) is 0 Å². The molecule has 96 valence electrons. The fourth-order valence-corrected chi connectivity index (χ4v) is 1.58. The molecule has 0 fully saturated rings. The van der Waals surface area contributed by atoms with Crippen LogP contribution in [0, 0.1) is 5.92 Å². The summed E-state index contributed by atoms with van der Waals surface area (Å²) in [4.78, 5) is 15.9. The Morgan fingerprint density at radius 3 is 2.12 bits per heavy atom. The molecule has 0 unspecified atom stereocenters. The number of amides is 1. The van der Waals surface area contributed by atoms with Crippen molar-refractivity contribution in [2.45, 2.75) is 46.6 Å². The van der Waals surface area contributed by atoms with E-state index in [9.17, 15) is 4.79 Å². The number of carbonyl (C=O) groups excluding carboxylic acids is 1. The van der Waals surface area contributed by atoms with Gasteiger partial charge >= 0.3 is 0 Å². The van der Waals surface area contributed by atoms with E-state index in [-0.39, 0.29) is 5.91 Å². The van der Waals surface area contributed by atoms with Gasteiger partial charge < -0.3 is 9.80 Å². The summed E-state index contributed by atoms with van der Waals surface area (Å²) in [5.74, 6) is 0.818. The average Bonchev–Trinajstić information content (AvgIpc) is 2.15. The smallest absolute Gasteiger partial charge is 0.222 e. The molecule has 0 aliphatic heterocycles. The standard InChI is InChI=1S/C13H28N2O/c1-11(2)10-15(6)13(16)8-7-9-14(5)12(3)4/h11-12H,7-10H2,1-6H3. The molecule has 0 bridgehead atoms. The molecule has 0 saturated carbocycles. The van der Waals surface area contributed by atoms with Gasteiger partial charge in [-0.15, -0.1) is 0 Å². The van der Waals surface area contributed by atoms with Gasteiger partial charge in [0.25, 0.3) is 0 Å². The maximum absolute atomic E-state index is 11.7. The molecule has 16 heavy (non-hydrogen) atoms. The molecule has 0 aromatic carbocycles. The Bertz CT molecular complexity index is 202. The van der Waals surface area contributed by atoms with Gasteiger partial charge in [0.1, 0.15) is 0 Å². The predicted molar refractivity (Wildman–Crippen MR) is 69.5 cm³/mol. The van der Waals surface area contributed by atoms with Crippen LogP contribution in [0.2, 0.25) is 0 Å². The molecule has 0 heterocycles. The third-order valence-electron chi connectivity index (χ3n) is 2.85. The zero-order valence-corrected chi connectivity index (χ0v) is 11.8. The molecule has 3 heteroatoms. The minimum Gasteiger partial charge on any atom is -0.346 e. The summed E-state index contributed by atoms with van der Waals surface area (Å²) in [6.07, 6.45) is 1.62. The van der Waals surface area contributed by atoms with Crippen LogP contribution in [-0.4, -0.2) is 48.9 Å². The van der Waals surface area contributed by atoms with Crippen molar-refractivity contribution >= 4 is 5.91 Å².